The number of fused-ring (bicyclic) bond motifs is 1. The van der Waals surface area contributed by atoms with E-state index in [1.807, 2.05) is 49.5 Å². The van der Waals surface area contributed by atoms with Crippen LogP contribution in [0.5, 0.6) is 0 Å². The molecular weight excluding hydrogens is 396 g/mol. The van der Waals surface area contributed by atoms with Crippen molar-refractivity contribution in [3.8, 4) is 0 Å². The number of aromatic nitrogens is 1. The fraction of sp³-hybridized carbons (Fsp3) is 0.0833. The topological polar surface area (TPSA) is 82.2 Å². The zero-order chi connectivity index (χ0) is 21.6. The molecule has 6 heteroatoms. The lowest BCUT2D eigenvalue weighted by molar-refractivity contribution is 0.483. The second-order valence-electron chi connectivity index (χ2n) is 6.84. The Kier molecular flexibility index (Phi) is 6.72. The van der Waals surface area contributed by atoms with Gasteiger partial charge in [-0.2, -0.15) is 8.42 Å². The Labute approximate surface area is 176 Å². The molecule has 0 aliphatic heterocycles. The maximum atomic E-state index is 10.5. The van der Waals surface area contributed by atoms with Crippen LogP contribution in [-0.4, -0.2) is 18.0 Å². The molecule has 0 bridgehead atoms. The number of H-pyrrole nitrogens is 1. The zero-order valence-corrected chi connectivity index (χ0v) is 17.6. The molecule has 4 aromatic rings. The van der Waals surface area contributed by atoms with Gasteiger partial charge in [0, 0.05) is 28.5 Å². The Hall–Kier alpha value is -3.35. The molecule has 0 amide bonds. The summed E-state index contributed by atoms with van der Waals surface area (Å²) in [5.41, 5.74) is 5.65. The van der Waals surface area contributed by atoms with Gasteiger partial charge in [0.1, 0.15) is 0 Å². The fourth-order valence-electron chi connectivity index (χ4n) is 2.94. The van der Waals surface area contributed by atoms with E-state index < -0.39 is 10.1 Å². The van der Waals surface area contributed by atoms with Crippen molar-refractivity contribution in [2.45, 2.75) is 18.7 Å². The summed E-state index contributed by atoms with van der Waals surface area (Å²) in [6.45, 7) is 3.98. The van der Waals surface area contributed by atoms with Gasteiger partial charge in [-0.3, -0.25) is 4.55 Å². The van der Waals surface area contributed by atoms with Crippen LogP contribution in [0.3, 0.4) is 0 Å². The molecule has 0 aliphatic rings. The molecule has 1 heterocycles. The van der Waals surface area contributed by atoms with Gasteiger partial charge in [0.2, 0.25) is 0 Å². The van der Waals surface area contributed by atoms with Gasteiger partial charge in [-0.25, -0.2) is 0 Å². The van der Waals surface area contributed by atoms with Crippen molar-refractivity contribution in [3.63, 3.8) is 0 Å². The van der Waals surface area contributed by atoms with E-state index in [9.17, 15) is 8.42 Å². The Balaban J connectivity index is 0.000000199. The van der Waals surface area contributed by atoms with E-state index in [0.29, 0.717) is 0 Å². The smallest absolute Gasteiger partial charge is 0.294 e. The molecule has 0 unspecified atom stereocenters. The predicted octanol–water partition coefficient (Wildman–Crippen LogP) is 5.80. The van der Waals surface area contributed by atoms with E-state index in [1.165, 1.54) is 28.6 Å². The number of anilines is 1. The highest BCUT2D eigenvalue weighted by Crippen LogP contribution is 2.22. The standard InChI is InChI=1S/C17H16N2.C7H8O3S/c1-13-15-9-5-6-10-17(15)19-16(13)11-12-18-14-7-3-2-4-8-14;1-6-2-4-7(5-3-6)11(8,9)10/h2-12,18-19H,1H3;2-5H,1H3,(H,8,9,10). The first-order valence-electron chi connectivity index (χ1n) is 9.44. The van der Waals surface area contributed by atoms with Crippen LogP contribution in [0.4, 0.5) is 5.69 Å². The van der Waals surface area contributed by atoms with Crippen molar-refractivity contribution in [3.05, 3.63) is 102 Å². The molecule has 0 atom stereocenters. The summed E-state index contributed by atoms with van der Waals surface area (Å²) in [5, 5.41) is 4.54. The molecule has 30 heavy (non-hydrogen) atoms. The van der Waals surface area contributed by atoms with Crippen LogP contribution in [0.25, 0.3) is 17.0 Å². The van der Waals surface area contributed by atoms with Crippen LogP contribution in [0.2, 0.25) is 0 Å². The lowest BCUT2D eigenvalue weighted by Crippen LogP contribution is -1.96. The Morgan fingerprint density at radius 1 is 0.867 bits per heavy atom. The maximum absolute atomic E-state index is 10.5. The summed E-state index contributed by atoms with van der Waals surface area (Å²) >= 11 is 0. The molecular formula is C24H24N2O3S. The Morgan fingerprint density at radius 2 is 1.50 bits per heavy atom. The Bertz CT molecular complexity index is 1240. The van der Waals surface area contributed by atoms with Crippen molar-refractivity contribution in [1.29, 1.82) is 0 Å². The molecule has 4 rings (SSSR count). The second-order valence-corrected chi connectivity index (χ2v) is 8.26. The zero-order valence-electron chi connectivity index (χ0n) is 16.8. The molecule has 0 saturated heterocycles. The summed E-state index contributed by atoms with van der Waals surface area (Å²) < 4.78 is 29.6. The van der Waals surface area contributed by atoms with Gasteiger partial charge in [0.25, 0.3) is 10.1 Å². The van der Waals surface area contributed by atoms with Crippen molar-refractivity contribution < 1.29 is 13.0 Å². The summed E-state index contributed by atoms with van der Waals surface area (Å²) in [6.07, 6.45) is 4.04. The van der Waals surface area contributed by atoms with E-state index in [0.717, 1.165) is 16.9 Å². The summed E-state index contributed by atoms with van der Waals surface area (Å²) in [4.78, 5) is 3.36. The average Bonchev–Trinajstić information content (AvgIpc) is 3.05. The predicted molar refractivity (Wildman–Crippen MR) is 123 cm³/mol. The minimum absolute atomic E-state index is 0.0666. The van der Waals surface area contributed by atoms with Crippen LogP contribution in [0, 0.1) is 13.8 Å². The third-order valence-corrected chi connectivity index (χ3v) is 5.46. The molecule has 5 nitrogen and oxygen atoms in total. The van der Waals surface area contributed by atoms with E-state index >= 15 is 0 Å². The van der Waals surface area contributed by atoms with Crippen molar-refractivity contribution in [2.24, 2.45) is 0 Å². The highest BCUT2D eigenvalue weighted by Gasteiger charge is 2.07. The molecule has 0 fully saturated rings. The summed E-state index contributed by atoms with van der Waals surface area (Å²) in [5.74, 6) is 0. The third-order valence-electron chi connectivity index (χ3n) is 4.60. The molecule has 154 valence electrons. The number of rotatable bonds is 4. The number of benzene rings is 3. The minimum atomic E-state index is -4.02. The highest BCUT2D eigenvalue weighted by molar-refractivity contribution is 7.85. The van der Waals surface area contributed by atoms with Crippen molar-refractivity contribution in [2.75, 3.05) is 5.32 Å². The first-order chi connectivity index (χ1) is 14.3. The maximum Gasteiger partial charge on any atom is 0.294 e. The number of nitrogens with one attached hydrogen (secondary N) is 2. The monoisotopic (exact) mass is 420 g/mol. The highest BCUT2D eigenvalue weighted by atomic mass is 32.2. The number of aromatic amines is 1. The van der Waals surface area contributed by atoms with Crippen LogP contribution in [0.15, 0.2) is 90.0 Å². The first kappa shape index (κ1) is 21.4. The minimum Gasteiger partial charge on any atom is -0.362 e. The van der Waals surface area contributed by atoms with Crippen LogP contribution < -0.4 is 5.32 Å². The van der Waals surface area contributed by atoms with Gasteiger partial charge in [-0.05, 0) is 55.8 Å². The van der Waals surface area contributed by atoms with Crippen LogP contribution in [0.1, 0.15) is 16.8 Å². The lowest BCUT2D eigenvalue weighted by atomic mass is 10.1. The van der Waals surface area contributed by atoms with Gasteiger partial charge in [-0.15, -0.1) is 0 Å². The third kappa shape index (κ3) is 5.59. The van der Waals surface area contributed by atoms with E-state index in [-0.39, 0.29) is 4.90 Å². The number of para-hydroxylation sites is 2. The summed E-state index contributed by atoms with van der Waals surface area (Å²) in [6, 6.07) is 24.5. The number of hydrogen-bond donors (Lipinski definition) is 3. The van der Waals surface area contributed by atoms with Gasteiger partial charge in [0.05, 0.1) is 4.90 Å². The first-order valence-corrected chi connectivity index (χ1v) is 10.9. The molecule has 0 radical (unpaired) electrons. The molecule has 3 aromatic carbocycles. The normalized spacial score (nSPS) is 11.3. The average molecular weight is 421 g/mol. The van der Waals surface area contributed by atoms with Gasteiger partial charge >= 0.3 is 0 Å². The molecule has 0 aliphatic carbocycles. The van der Waals surface area contributed by atoms with Crippen LogP contribution >= 0.6 is 0 Å². The van der Waals surface area contributed by atoms with E-state index in [2.05, 4.69) is 41.5 Å². The largest absolute Gasteiger partial charge is 0.362 e. The lowest BCUT2D eigenvalue weighted by Gasteiger charge is -1.98. The Morgan fingerprint density at radius 3 is 2.13 bits per heavy atom. The van der Waals surface area contributed by atoms with Gasteiger partial charge in [0.15, 0.2) is 0 Å². The quantitative estimate of drug-likeness (QED) is 0.364. The summed E-state index contributed by atoms with van der Waals surface area (Å²) in [7, 11) is -4.02. The number of aryl methyl sites for hydroxylation is 2. The van der Waals surface area contributed by atoms with Crippen molar-refractivity contribution in [1.82, 2.24) is 4.98 Å². The fourth-order valence-corrected chi connectivity index (χ4v) is 3.42. The molecule has 0 saturated carbocycles. The van der Waals surface area contributed by atoms with Gasteiger partial charge < -0.3 is 10.3 Å². The van der Waals surface area contributed by atoms with E-state index in [4.69, 9.17) is 4.55 Å². The van der Waals surface area contributed by atoms with Crippen molar-refractivity contribution >= 4 is 32.8 Å². The van der Waals surface area contributed by atoms with Crippen LogP contribution in [-0.2, 0) is 10.1 Å². The van der Waals surface area contributed by atoms with Gasteiger partial charge in [-0.1, -0.05) is 54.1 Å². The number of hydrogen-bond acceptors (Lipinski definition) is 3. The molecule has 0 spiro atoms. The SMILES string of the molecule is Cc1c(C=CNc2ccccc2)[nH]c2ccccc12.Cc1ccc(S(=O)(=O)O)cc1. The second kappa shape index (κ2) is 9.43. The molecule has 1 aromatic heterocycles. The van der Waals surface area contributed by atoms with E-state index in [1.54, 1.807) is 12.1 Å². The molecule has 3 N–H and O–H groups in total.